The number of imide groups is 1. The van der Waals surface area contributed by atoms with E-state index in [9.17, 15) is 9.59 Å². The fourth-order valence-electron chi connectivity index (χ4n) is 3.41. The van der Waals surface area contributed by atoms with Crippen LogP contribution in [-0.2, 0) is 14.3 Å². The van der Waals surface area contributed by atoms with Crippen molar-refractivity contribution >= 4 is 23.1 Å². The number of rotatable bonds is 11. The van der Waals surface area contributed by atoms with Gasteiger partial charge in [0.05, 0.1) is 25.4 Å². The summed E-state index contributed by atoms with van der Waals surface area (Å²) < 4.78 is 16.3. The molecule has 0 saturated carbocycles. The van der Waals surface area contributed by atoms with Gasteiger partial charge < -0.3 is 19.5 Å². The van der Waals surface area contributed by atoms with Gasteiger partial charge in [0, 0.05) is 18.8 Å². The van der Waals surface area contributed by atoms with Gasteiger partial charge in [0.15, 0.2) is 0 Å². The van der Waals surface area contributed by atoms with Gasteiger partial charge in [0.1, 0.15) is 17.2 Å². The first-order valence-electron chi connectivity index (χ1n) is 10.8. The molecule has 0 aromatic heterocycles. The number of anilines is 1. The number of hydrogen-bond donors (Lipinski definition) is 1. The molecule has 0 atom stereocenters. The fraction of sp³-hybridized carbons (Fsp3) is 0.360. The first-order chi connectivity index (χ1) is 15.4. The van der Waals surface area contributed by atoms with Crippen LogP contribution in [0.4, 0.5) is 5.69 Å². The Morgan fingerprint density at radius 1 is 0.938 bits per heavy atom. The summed E-state index contributed by atoms with van der Waals surface area (Å²) in [6, 6.07) is 14.4. The number of amides is 2. The van der Waals surface area contributed by atoms with Crippen LogP contribution in [0.2, 0.25) is 0 Å². The number of benzene rings is 2. The van der Waals surface area contributed by atoms with E-state index in [-0.39, 0.29) is 23.6 Å². The summed E-state index contributed by atoms with van der Waals surface area (Å²) in [6.45, 7) is 7.14. The van der Waals surface area contributed by atoms with Crippen LogP contribution in [0.15, 0.2) is 54.2 Å². The Morgan fingerprint density at radius 2 is 1.59 bits per heavy atom. The van der Waals surface area contributed by atoms with Crippen LogP contribution in [0.3, 0.4) is 0 Å². The molecule has 2 aromatic carbocycles. The second kappa shape index (κ2) is 10.8. The quantitative estimate of drug-likeness (QED) is 0.420. The second-order valence-corrected chi connectivity index (χ2v) is 7.60. The molecule has 0 bridgehead atoms. The average Bonchev–Trinajstić information content (AvgIpc) is 3.02. The maximum atomic E-state index is 13.3. The molecule has 0 unspecified atom stereocenters. The summed E-state index contributed by atoms with van der Waals surface area (Å²) in [5, 5.41) is 3.15. The minimum atomic E-state index is -0.348. The van der Waals surface area contributed by atoms with E-state index in [0.717, 1.165) is 0 Å². The highest BCUT2D eigenvalue weighted by Crippen LogP contribution is 2.32. The number of carbonyl (C=O) groups excluding carboxylic acids is 2. The highest BCUT2D eigenvalue weighted by atomic mass is 16.5. The van der Waals surface area contributed by atoms with E-state index in [1.165, 1.54) is 4.90 Å². The van der Waals surface area contributed by atoms with E-state index in [4.69, 9.17) is 14.2 Å². The van der Waals surface area contributed by atoms with E-state index in [1.54, 1.807) is 55.6 Å². The smallest absolute Gasteiger partial charge is 0.278 e. The summed E-state index contributed by atoms with van der Waals surface area (Å²) >= 11 is 0. The molecule has 0 saturated heterocycles. The summed E-state index contributed by atoms with van der Waals surface area (Å²) in [5.74, 6) is 0.747. The monoisotopic (exact) mass is 438 g/mol. The molecule has 0 spiro atoms. The SMILES string of the molecule is CCOc1ccc(C2=C(Nc3ccc(OC)cc3)C(=O)N(CCCOC(C)C)C2=O)cc1. The summed E-state index contributed by atoms with van der Waals surface area (Å²) in [4.78, 5) is 27.8. The Morgan fingerprint density at radius 3 is 2.19 bits per heavy atom. The zero-order chi connectivity index (χ0) is 23.1. The van der Waals surface area contributed by atoms with E-state index in [1.807, 2.05) is 20.8 Å². The van der Waals surface area contributed by atoms with Crippen LogP contribution in [0, 0.1) is 0 Å². The number of ether oxygens (including phenoxy) is 3. The van der Waals surface area contributed by atoms with Crippen molar-refractivity contribution < 1.29 is 23.8 Å². The molecule has 0 radical (unpaired) electrons. The number of nitrogens with one attached hydrogen (secondary N) is 1. The van der Waals surface area contributed by atoms with Crippen molar-refractivity contribution in [3.63, 3.8) is 0 Å². The molecule has 1 heterocycles. The first-order valence-corrected chi connectivity index (χ1v) is 10.8. The Kier molecular flexibility index (Phi) is 7.89. The zero-order valence-electron chi connectivity index (χ0n) is 19.0. The lowest BCUT2D eigenvalue weighted by molar-refractivity contribution is -0.137. The Bertz CT molecular complexity index is 965. The molecule has 32 heavy (non-hydrogen) atoms. The highest BCUT2D eigenvalue weighted by molar-refractivity contribution is 6.36. The van der Waals surface area contributed by atoms with Gasteiger partial charge in [-0.05, 0) is 69.2 Å². The number of nitrogens with zero attached hydrogens (tertiary/aromatic N) is 1. The lowest BCUT2D eigenvalue weighted by Gasteiger charge is -2.16. The van der Waals surface area contributed by atoms with E-state index < -0.39 is 0 Å². The molecular weight excluding hydrogens is 408 g/mol. The fourth-order valence-corrected chi connectivity index (χ4v) is 3.41. The average molecular weight is 439 g/mol. The van der Waals surface area contributed by atoms with E-state index in [2.05, 4.69) is 5.32 Å². The molecule has 7 nitrogen and oxygen atoms in total. The maximum absolute atomic E-state index is 13.3. The lowest BCUT2D eigenvalue weighted by Crippen LogP contribution is -2.34. The molecular formula is C25H30N2O5. The van der Waals surface area contributed by atoms with Gasteiger partial charge in [-0.2, -0.15) is 0 Å². The van der Waals surface area contributed by atoms with Crippen LogP contribution >= 0.6 is 0 Å². The molecule has 170 valence electrons. The van der Waals surface area contributed by atoms with Gasteiger partial charge in [-0.3, -0.25) is 14.5 Å². The van der Waals surface area contributed by atoms with Gasteiger partial charge in [-0.25, -0.2) is 0 Å². The molecule has 1 aliphatic rings. The van der Waals surface area contributed by atoms with Gasteiger partial charge in [0.2, 0.25) is 0 Å². The van der Waals surface area contributed by atoms with Crippen LogP contribution in [0.1, 0.15) is 32.8 Å². The predicted molar refractivity (Wildman–Crippen MR) is 124 cm³/mol. The Balaban J connectivity index is 1.88. The Labute approximate surface area is 189 Å². The third-order valence-corrected chi connectivity index (χ3v) is 4.96. The number of hydrogen-bond acceptors (Lipinski definition) is 6. The van der Waals surface area contributed by atoms with E-state index >= 15 is 0 Å². The van der Waals surface area contributed by atoms with E-state index in [0.29, 0.717) is 54.5 Å². The normalized spacial score (nSPS) is 13.8. The molecule has 2 aromatic rings. The zero-order valence-corrected chi connectivity index (χ0v) is 19.0. The molecule has 3 rings (SSSR count). The summed E-state index contributed by atoms with van der Waals surface area (Å²) in [6.07, 6.45) is 0.673. The number of methoxy groups -OCH3 is 1. The molecule has 7 heteroatoms. The largest absolute Gasteiger partial charge is 0.497 e. The number of carbonyl (C=O) groups is 2. The van der Waals surface area contributed by atoms with Gasteiger partial charge in [0.25, 0.3) is 11.8 Å². The van der Waals surface area contributed by atoms with Crippen molar-refractivity contribution in [2.24, 2.45) is 0 Å². The second-order valence-electron chi connectivity index (χ2n) is 7.60. The van der Waals surface area contributed by atoms with Crippen molar-refractivity contribution in [3.05, 3.63) is 59.8 Å². The topological polar surface area (TPSA) is 77.1 Å². The van der Waals surface area contributed by atoms with Gasteiger partial charge in [-0.1, -0.05) is 12.1 Å². The van der Waals surface area contributed by atoms with Crippen molar-refractivity contribution in [1.29, 1.82) is 0 Å². The highest BCUT2D eigenvalue weighted by Gasteiger charge is 2.38. The first kappa shape index (κ1) is 23.3. The van der Waals surface area contributed by atoms with Crippen molar-refractivity contribution in [2.45, 2.75) is 33.3 Å². The van der Waals surface area contributed by atoms with Crippen LogP contribution in [0.5, 0.6) is 11.5 Å². The lowest BCUT2D eigenvalue weighted by atomic mass is 10.0. The standard InChI is InChI=1S/C25H30N2O5/c1-5-31-21-11-7-18(8-12-21)22-23(26-19-9-13-20(30-4)14-10-19)25(29)27(24(22)28)15-6-16-32-17(2)3/h7-14,17,26H,5-6,15-16H2,1-4H3. The molecule has 0 fully saturated rings. The summed E-state index contributed by atoms with van der Waals surface area (Å²) in [5.41, 5.74) is 1.95. The van der Waals surface area contributed by atoms with Gasteiger partial charge >= 0.3 is 0 Å². The third kappa shape index (κ3) is 5.48. The van der Waals surface area contributed by atoms with Crippen LogP contribution in [0.25, 0.3) is 5.57 Å². The van der Waals surface area contributed by atoms with Crippen LogP contribution < -0.4 is 14.8 Å². The predicted octanol–water partition coefficient (Wildman–Crippen LogP) is 4.10. The van der Waals surface area contributed by atoms with Crippen LogP contribution in [-0.4, -0.2) is 49.7 Å². The summed E-state index contributed by atoms with van der Waals surface area (Å²) in [7, 11) is 1.59. The van der Waals surface area contributed by atoms with Crippen molar-refractivity contribution in [2.75, 3.05) is 32.2 Å². The van der Waals surface area contributed by atoms with Gasteiger partial charge in [-0.15, -0.1) is 0 Å². The molecule has 2 amide bonds. The van der Waals surface area contributed by atoms with Crippen molar-refractivity contribution in [3.8, 4) is 11.5 Å². The molecule has 0 aliphatic carbocycles. The molecule has 1 aliphatic heterocycles. The molecule has 1 N–H and O–H groups in total. The maximum Gasteiger partial charge on any atom is 0.278 e. The van der Waals surface area contributed by atoms with Crippen molar-refractivity contribution in [1.82, 2.24) is 4.90 Å². The Hall–Kier alpha value is -3.32. The minimum absolute atomic E-state index is 0.102. The minimum Gasteiger partial charge on any atom is -0.497 e. The third-order valence-electron chi connectivity index (χ3n) is 4.96.